The van der Waals surface area contributed by atoms with Gasteiger partial charge in [0.15, 0.2) is 0 Å². The Morgan fingerprint density at radius 3 is 2.00 bits per heavy atom. The van der Waals surface area contributed by atoms with Gasteiger partial charge in [-0.25, -0.2) is 4.79 Å². The summed E-state index contributed by atoms with van der Waals surface area (Å²) in [5, 5.41) is 15.8. The van der Waals surface area contributed by atoms with Gasteiger partial charge in [-0.05, 0) is 6.92 Å². The molecule has 0 heterocycles. The Morgan fingerprint density at radius 1 is 1.86 bits per heavy atom. The van der Waals surface area contributed by atoms with Crippen LogP contribution < -0.4 is 51.4 Å². The first-order valence-corrected chi connectivity index (χ1v) is 1.55. The van der Waals surface area contributed by atoms with Crippen molar-refractivity contribution < 1.29 is 67.8 Å². The summed E-state index contributed by atoms with van der Waals surface area (Å²) in [5.74, 6) is -1.19. The molecule has 4 heteroatoms. The molecule has 0 unspecified atom stereocenters. The van der Waals surface area contributed by atoms with Crippen molar-refractivity contribution in [1.82, 2.24) is 0 Å². The van der Waals surface area contributed by atoms with E-state index in [4.69, 9.17) is 10.2 Å². The average molecular weight is 130 g/mol. The van der Waals surface area contributed by atoms with E-state index in [-0.39, 0.29) is 52.8 Å². The van der Waals surface area contributed by atoms with Crippen LogP contribution in [0.4, 0.5) is 0 Å². The van der Waals surface area contributed by atoms with Crippen LogP contribution in [0.5, 0.6) is 0 Å². The molecule has 0 aliphatic rings. The van der Waals surface area contributed by atoms with Gasteiger partial charge < -0.3 is 11.6 Å². The molecule has 0 saturated carbocycles. The fourth-order valence-corrected chi connectivity index (χ4v) is 0. The topological polar surface area (TPSA) is 57.5 Å². The Balaban J connectivity index is -0.000000125. The molecular weight excluding hydrogens is 123 g/mol. The zero-order valence-corrected chi connectivity index (χ0v) is 7.50. The third-order valence-corrected chi connectivity index (χ3v) is 0.357. The first-order chi connectivity index (χ1) is 2.64. The molecule has 7 heavy (non-hydrogen) atoms. The van der Waals surface area contributed by atoms with Gasteiger partial charge in [0.05, 0.1) is 0 Å². The van der Waals surface area contributed by atoms with Crippen LogP contribution in [0.25, 0.3) is 0 Å². The van der Waals surface area contributed by atoms with E-state index < -0.39 is 12.1 Å². The molecule has 0 aliphatic heterocycles. The van der Waals surface area contributed by atoms with E-state index in [1.807, 2.05) is 0 Å². The van der Waals surface area contributed by atoms with Crippen LogP contribution in [0, 0.1) is 0 Å². The summed E-state index contributed by atoms with van der Waals surface area (Å²) in [6, 6.07) is 0. The van der Waals surface area contributed by atoms with Gasteiger partial charge in [-0.15, -0.1) is 0 Å². The second kappa shape index (κ2) is 5.21. The quantitative estimate of drug-likeness (QED) is 0.363. The number of hydrogen-bond donors (Lipinski definition) is 2. The summed E-state index contributed by atoms with van der Waals surface area (Å²) in [4.78, 5) is 9.45. The summed E-state index contributed by atoms with van der Waals surface area (Å²) in [6.45, 7) is 1.20. The molecule has 0 radical (unpaired) electrons. The zero-order chi connectivity index (χ0) is 5.15. The maximum atomic E-state index is 9.45. The van der Waals surface area contributed by atoms with Crippen LogP contribution in [0.1, 0.15) is 8.35 Å². The molecule has 0 rings (SSSR count). The van der Waals surface area contributed by atoms with Crippen LogP contribution in [0.3, 0.4) is 0 Å². The summed E-state index contributed by atoms with van der Waals surface area (Å²) < 4.78 is 0. The fraction of sp³-hybridized carbons (Fsp3) is 0.667. The monoisotopic (exact) mass is 130 g/mol. The smallest absolute Gasteiger partial charge is 1.00 e. The largest absolute Gasteiger partial charge is 1.00 e. The Hall–Kier alpha value is 1.07. The van der Waals surface area contributed by atoms with Gasteiger partial charge in [0.2, 0.25) is 0 Å². The predicted octanol–water partition coefficient (Wildman–Crippen LogP) is -3.43. The van der Waals surface area contributed by atoms with Gasteiger partial charge in [0, 0.05) is 0 Å². The van der Waals surface area contributed by atoms with Crippen molar-refractivity contribution in [2.45, 2.75) is 13.0 Å². The van der Waals surface area contributed by atoms with Gasteiger partial charge >= 0.3 is 57.4 Å². The van der Waals surface area contributed by atoms with Gasteiger partial charge in [-0.1, -0.05) is 0 Å². The molecule has 0 aromatic rings. The fourth-order valence-electron chi connectivity index (χ4n) is 0. The first kappa shape index (κ1) is 10.9. The van der Waals surface area contributed by atoms with Gasteiger partial charge in [-0.2, -0.15) is 0 Å². The van der Waals surface area contributed by atoms with Crippen LogP contribution in [-0.2, 0) is 4.79 Å². The Labute approximate surface area is 85.6 Å². The molecule has 0 aromatic carbocycles. The molecule has 2 N–H and O–H groups in total. The van der Waals surface area contributed by atoms with Crippen molar-refractivity contribution >= 4 is 5.97 Å². The van der Waals surface area contributed by atoms with Crippen molar-refractivity contribution in [3.8, 4) is 0 Å². The van der Waals surface area contributed by atoms with Crippen LogP contribution in [-0.4, -0.2) is 22.3 Å². The van der Waals surface area contributed by atoms with Crippen LogP contribution in [0.15, 0.2) is 0 Å². The van der Waals surface area contributed by atoms with Crippen molar-refractivity contribution in [1.29, 1.82) is 0 Å². The molecule has 0 spiro atoms. The SMILES string of the molecule is C[C@@H](O)C(=O)O.[H-].[K+]. The number of aliphatic hydroxyl groups is 1. The van der Waals surface area contributed by atoms with E-state index in [0.717, 1.165) is 0 Å². The molecule has 0 saturated heterocycles. The molecule has 1 atom stereocenters. The van der Waals surface area contributed by atoms with Crippen LogP contribution >= 0.6 is 0 Å². The predicted molar refractivity (Wildman–Crippen MR) is 20.4 cm³/mol. The van der Waals surface area contributed by atoms with Crippen LogP contribution in [0.2, 0.25) is 0 Å². The average Bonchev–Trinajstić information content (AvgIpc) is 1.36. The second-order valence-corrected chi connectivity index (χ2v) is 1.01. The number of aliphatic hydroxyl groups excluding tert-OH is 1. The molecule has 0 amide bonds. The molecule has 38 valence electrons. The first-order valence-electron chi connectivity index (χ1n) is 1.55. The third kappa shape index (κ3) is 7.07. The van der Waals surface area contributed by atoms with Gasteiger partial charge in [0.25, 0.3) is 0 Å². The minimum absolute atomic E-state index is 0. The van der Waals surface area contributed by atoms with E-state index in [0.29, 0.717) is 0 Å². The maximum Gasteiger partial charge on any atom is 1.00 e. The number of rotatable bonds is 1. The molecule has 0 aliphatic carbocycles. The van der Waals surface area contributed by atoms with Crippen molar-refractivity contribution in [2.75, 3.05) is 0 Å². The minimum Gasteiger partial charge on any atom is -1.00 e. The normalized spacial score (nSPS) is 11.7. The molecule has 0 aromatic heterocycles. The van der Waals surface area contributed by atoms with E-state index in [1.165, 1.54) is 6.92 Å². The number of carbonyl (C=O) groups is 1. The molecular formula is C3H7KO3. The minimum atomic E-state index is -1.23. The maximum absolute atomic E-state index is 9.45. The van der Waals surface area contributed by atoms with E-state index >= 15 is 0 Å². The van der Waals surface area contributed by atoms with Gasteiger partial charge in [0.1, 0.15) is 6.10 Å². The Morgan fingerprint density at radius 2 is 2.00 bits per heavy atom. The van der Waals surface area contributed by atoms with E-state index in [2.05, 4.69) is 0 Å². The number of aliphatic carboxylic acids is 1. The van der Waals surface area contributed by atoms with Gasteiger partial charge in [-0.3, -0.25) is 0 Å². The number of hydrogen-bond acceptors (Lipinski definition) is 2. The molecule has 3 nitrogen and oxygen atoms in total. The third-order valence-electron chi connectivity index (χ3n) is 0.357. The van der Waals surface area contributed by atoms with Crippen molar-refractivity contribution in [2.24, 2.45) is 0 Å². The summed E-state index contributed by atoms with van der Waals surface area (Å²) in [6.07, 6.45) is -1.23. The Kier molecular flexibility index (Phi) is 8.14. The molecule has 0 bridgehead atoms. The van der Waals surface area contributed by atoms with E-state index in [1.54, 1.807) is 0 Å². The molecule has 0 fully saturated rings. The number of carboxylic acids is 1. The standard InChI is InChI=1S/C3H6O3.K.H/c1-2(4)3(5)6;;/h2,4H,1H3,(H,5,6);;/q;+1;-1/t2-;;/m1../s1. The zero-order valence-electron chi connectivity index (χ0n) is 5.38. The summed E-state index contributed by atoms with van der Waals surface area (Å²) >= 11 is 0. The summed E-state index contributed by atoms with van der Waals surface area (Å²) in [7, 11) is 0. The number of carboxylic acid groups (broad SMARTS) is 1. The van der Waals surface area contributed by atoms with Crippen molar-refractivity contribution in [3.05, 3.63) is 0 Å². The Bertz CT molecular complexity index is 65.5. The second-order valence-electron chi connectivity index (χ2n) is 1.01. The summed E-state index contributed by atoms with van der Waals surface area (Å²) in [5.41, 5.74) is 0. The van der Waals surface area contributed by atoms with E-state index in [9.17, 15) is 4.79 Å². The van der Waals surface area contributed by atoms with Crippen molar-refractivity contribution in [3.63, 3.8) is 0 Å².